The molecule has 2 aromatic carbocycles. The zero-order valence-corrected chi connectivity index (χ0v) is 18.1. The van der Waals surface area contributed by atoms with Crippen molar-refractivity contribution in [1.82, 2.24) is 0 Å². The molecule has 1 aliphatic rings. The molecule has 1 N–H and O–H groups in total. The van der Waals surface area contributed by atoms with Gasteiger partial charge in [0.05, 0.1) is 33.2 Å². The normalized spacial score (nSPS) is 15.3. The zero-order chi connectivity index (χ0) is 19.7. The highest BCUT2D eigenvalue weighted by Crippen LogP contribution is 2.33. The third-order valence-corrected chi connectivity index (χ3v) is 5.20. The number of carbonyl (C=O) groups is 2. The average Bonchev–Trinajstić information content (AvgIpc) is 2.90. The summed E-state index contributed by atoms with van der Waals surface area (Å²) in [7, 11) is 1.58. The number of hydrogen-bond acceptors (Lipinski definition) is 4. The number of rotatable bonds is 4. The van der Waals surface area contributed by atoms with E-state index in [9.17, 15) is 9.59 Å². The predicted molar refractivity (Wildman–Crippen MR) is 115 cm³/mol. The van der Waals surface area contributed by atoms with Gasteiger partial charge in [-0.1, -0.05) is 22.0 Å². The minimum absolute atomic E-state index is 0.0915. The first-order valence-electron chi connectivity index (χ1n) is 7.80. The zero-order valence-electron chi connectivity index (χ0n) is 14.4. The lowest BCUT2D eigenvalue weighted by Gasteiger charge is -2.12. The van der Waals surface area contributed by atoms with Crippen molar-refractivity contribution in [2.45, 2.75) is 6.92 Å². The van der Waals surface area contributed by atoms with Gasteiger partial charge < -0.3 is 9.84 Å². The van der Waals surface area contributed by atoms with Crippen molar-refractivity contribution >= 4 is 67.9 Å². The van der Waals surface area contributed by atoms with Crippen LogP contribution in [-0.4, -0.2) is 29.8 Å². The van der Waals surface area contributed by atoms with Crippen molar-refractivity contribution in [2.24, 2.45) is 5.10 Å². The van der Waals surface area contributed by atoms with E-state index in [1.165, 1.54) is 17.1 Å². The Morgan fingerprint density at radius 2 is 2.07 bits per heavy atom. The molecule has 1 aliphatic heterocycles. The molecule has 0 aliphatic carbocycles. The van der Waals surface area contributed by atoms with Gasteiger partial charge in [0.1, 0.15) is 5.75 Å². The maximum absolute atomic E-state index is 12.9. The van der Waals surface area contributed by atoms with Gasteiger partial charge in [0.2, 0.25) is 0 Å². The standard InChI is InChI=1S/C19H14BrIN2O4/c1-10-15(8-12-6-13(20)9-16(21)17(12)27-2)18(24)23(22-10)14-5-3-4-11(7-14)19(25)26/h3-9H,1-2H3,(H,25,26). The maximum atomic E-state index is 12.9. The highest BCUT2D eigenvalue weighted by molar-refractivity contribution is 14.1. The van der Waals surface area contributed by atoms with E-state index in [1.54, 1.807) is 32.2 Å². The topological polar surface area (TPSA) is 79.2 Å². The van der Waals surface area contributed by atoms with Crippen LogP contribution in [-0.2, 0) is 4.79 Å². The number of hydrazone groups is 1. The number of benzene rings is 2. The van der Waals surface area contributed by atoms with Crippen LogP contribution in [0.15, 0.2) is 51.5 Å². The molecule has 0 saturated carbocycles. The number of carboxylic acid groups (broad SMARTS) is 1. The second kappa shape index (κ2) is 7.81. The number of nitrogens with zero attached hydrogens (tertiary/aromatic N) is 2. The van der Waals surface area contributed by atoms with Crippen LogP contribution in [0.25, 0.3) is 6.08 Å². The molecule has 8 heteroatoms. The number of hydrogen-bond donors (Lipinski definition) is 1. The summed E-state index contributed by atoms with van der Waals surface area (Å²) in [5.41, 5.74) is 2.20. The van der Waals surface area contributed by atoms with E-state index >= 15 is 0 Å². The van der Waals surface area contributed by atoms with E-state index in [1.807, 2.05) is 12.1 Å². The van der Waals surface area contributed by atoms with E-state index in [2.05, 4.69) is 43.6 Å². The number of ether oxygens (including phenoxy) is 1. The summed E-state index contributed by atoms with van der Waals surface area (Å²) in [5.74, 6) is -0.723. The van der Waals surface area contributed by atoms with Crippen LogP contribution in [0.2, 0.25) is 0 Å². The summed E-state index contributed by atoms with van der Waals surface area (Å²) in [6.45, 7) is 1.74. The van der Waals surface area contributed by atoms with Gasteiger partial charge in [-0.15, -0.1) is 0 Å². The minimum atomic E-state index is -1.06. The molecule has 0 fully saturated rings. The number of anilines is 1. The van der Waals surface area contributed by atoms with Gasteiger partial charge in [0, 0.05) is 10.0 Å². The number of halogens is 2. The molecular weight excluding hydrogens is 527 g/mol. The summed E-state index contributed by atoms with van der Waals surface area (Å²) in [5, 5.41) is 14.7. The summed E-state index contributed by atoms with van der Waals surface area (Å²) in [4.78, 5) is 24.1. The fourth-order valence-electron chi connectivity index (χ4n) is 2.69. The van der Waals surface area contributed by atoms with Crippen LogP contribution in [0.3, 0.4) is 0 Å². The lowest BCUT2D eigenvalue weighted by molar-refractivity contribution is -0.114. The van der Waals surface area contributed by atoms with E-state index < -0.39 is 5.97 Å². The molecule has 27 heavy (non-hydrogen) atoms. The number of amides is 1. The third kappa shape index (κ3) is 3.91. The van der Waals surface area contributed by atoms with Crippen LogP contribution < -0.4 is 9.75 Å². The highest BCUT2D eigenvalue weighted by atomic mass is 127. The largest absolute Gasteiger partial charge is 0.495 e. The Labute approximate surface area is 177 Å². The van der Waals surface area contributed by atoms with Crippen LogP contribution >= 0.6 is 38.5 Å². The first-order chi connectivity index (χ1) is 12.8. The van der Waals surface area contributed by atoms with Gasteiger partial charge in [-0.05, 0) is 65.9 Å². The highest BCUT2D eigenvalue weighted by Gasteiger charge is 2.29. The van der Waals surface area contributed by atoms with Crippen LogP contribution in [0.4, 0.5) is 5.69 Å². The van der Waals surface area contributed by atoms with Crippen molar-refractivity contribution in [3.63, 3.8) is 0 Å². The molecule has 0 atom stereocenters. The fourth-order valence-corrected chi connectivity index (χ4v) is 4.46. The Balaban J connectivity index is 2.03. The molecule has 0 bridgehead atoms. The molecule has 0 spiro atoms. The van der Waals surface area contributed by atoms with E-state index in [4.69, 9.17) is 9.84 Å². The molecule has 0 unspecified atom stereocenters. The molecule has 6 nitrogen and oxygen atoms in total. The van der Waals surface area contributed by atoms with Gasteiger partial charge in [0.25, 0.3) is 5.91 Å². The van der Waals surface area contributed by atoms with Crippen molar-refractivity contribution in [3.05, 3.63) is 61.1 Å². The molecule has 1 heterocycles. The molecule has 0 aromatic heterocycles. The second-order valence-electron chi connectivity index (χ2n) is 5.73. The van der Waals surface area contributed by atoms with Gasteiger partial charge in [-0.2, -0.15) is 10.1 Å². The maximum Gasteiger partial charge on any atom is 0.335 e. The number of carbonyl (C=O) groups excluding carboxylic acids is 1. The molecule has 0 radical (unpaired) electrons. The first-order valence-corrected chi connectivity index (χ1v) is 9.67. The second-order valence-corrected chi connectivity index (χ2v) is 7.80. The molecule has 1 amide bonds. The monoisotopic (exact) mass is 540 g/mol. The van der Waals surface area contributed by atoms with E-state index in [-0.39, 0.29) is 11.5 Å². The first kappa shape index (κ1) is 19.6. The quantitative estimate of drug-likeness (QED) is 0.455. The lowest BCUT2D eigenvalue weighted by Crippen LogP contribution is -2.21. The fraction of sp³-hybridized carbons (Fsp3) is 0.105. The Hall–Kier alpha value is -2.20. The van der Waals surface area contributed by atoms with E-state index in [0.717, 1.165) is 13.6 Å². The number of aromatic carboxylic acids is 1. The molecule has 138 valence electrons. The van der Waals surface area contributed by atoms with Gasteiger partial charge >= 0.3 is 5.97 Å². The van der Waals surface area contributed by atoms with Crippen LogP contribution in [0.5, 0.6) is 5.75 Å². The van der Waals surface area contributed by atoms with E-state index in [0.29, 0.717) is 22.7 Å². The number of carboxylic acids is 1. The van der Waals surface area contributed by atoms with Gasteiger partial charge in [0.15, 0.2) is 0 Å². The Morgan fingerprint density at radius 1 is 1.33 bits per heavy atom. The molecule has 0 saturated heterocycles. The Bertz CT molecular complexity index is 1020. The summed E-state index contributed by atoms with van der Waals surface area (Å²) in [6, 6.07) is 9.90. The summed E-state index contributed by atoms with van der Waals surface area (Å²) >= 11 is 5.62. The van der Waals surface area contributed by atoms with Crippen molar-refractivity contribution < 1.29 is 19.4 Å². The lowest BCUT2D eigenvalue weighted by atomic mass is 10.1. The average molecular weight is 541 g/mol. The smallest absolute Gasteiger partial charge is 0.335 e. The third-order valence-electron chi connectivity index (χ3n) is 3.94. The number of methoxy groups -OCH3 is 1. The SMILES string of the molecule is COc1c(I)cc(Br)cc1C=C1C(=O)N(c2cccc(C(=O)O)c2)N=C1C. The molecule has 2 aromatic rings. The summed E-state index contributed by atoms with van der Waals surface area (Å²) < 4.78 is 7.23. The van der Waals surface area contributed by atoms with Crippen molar-refractivity contribution in [1.29, 1.82) is 0 Å². The molecular formula is C19H14BrIN2O4. The molecule has 3 rings (SSSR count). The predicted octanol–water partition coefficient (Wildman–Crippen LogP) is 4.57. The summed E-state index contributed by atoms with van der Waals surface area (Å²) in [6.07, 6.45) is 1.73. The van der Waals surface area contributed by atoms with Crippen molar-refractivity contribution in [2.75, 3.05) is 12.1 Å². The van der Waals surface area contributed by atoms with Gasteiger partial charge in [-0.25, -0.2) is 4.79 Å². The minimum Gasteiger partial charge on any atom is -0.495 e. The Kier molecular flexibility index (Phi) is 5.66. The van der Waals surface area contributed by atoms with Gasteiger partial charge in [-0.3, -0.25) is 4.79 Å². The van der Waals surface area contributed by atoms with Crippen LogP contribution in [0.1, 0.15) is 22.8 Å². The van der Waals surface area contributed by atoms with Crippen LogP contribution in [0, 0.1) is 3.57 Å². The van der Waals surface area contributed by atoms with Crippen molar-refractivity contribution in [3.8, 4) is 5.75 Å². The Morgan fingerprint density at radius 3 is 2.74 bits per heavy atom.